The molecule has 2 aromatic rings. The summed E-state index contributed by atoms with van der Waals surface area (Å²) >= 11 is 6.05. The Kier molecular flexibility index (Phi) is 5.27. The quantitative estimate of drug-likeness (QED) is 0.767. The SMILES string of the molecule is Cc1c(C(=O)N2CCN(C(=O)C(=O)NC3CC3)CC2)cnn1-c1cccc(Cl)c1. The van der Waals surface area contributed by atoms with E-state index in [0.29, 0.717) is 36.8 Å². The van der Waals surface area contributed by atoms with Crippen LogP contribution in [0.25, 0.3) is 5.69 Å². The number of amides is 3. The number of benzene rings is 1. The minimum atomic E-state index is -0.550. The highest BCUT2D eigenvalue weighted by atomic mass is 35.5. The third-order valence-corrected chi connectivity index (χ3v) is 5.49. The van der Waals surface area contributed by atoms with Crippen LogP contribution in [0.3, 0.4) is 0 Å². The van der Waals surface area contributed by atoms with Crippen LogP contribution in [0.15, 0.2) is 30.5 Å². The maximum Gasteiger partial charge on any atom is 0.312 e. The molecule has 4 rings (SSSR count). The molecule has 1 aromatic carbocycles. The summed E-state index contributed by atoms with van der Waals surface area (Å²) in [4.78, 5) is 40.3. The van der Waals surface area contributed by atoms with E-state index in [2.05, 4.69) is 10.4 Å². The topological polar surface area (TPSA) is 87.5 Å². The van der Waals surface area contributed by atoms with E-state index in [1.807, 2.05) is 19.1 Å². The lowest BCUT2D eigenvalue weighted by Crippen LogP contribution is -2.54. The number of aromatic nitrogens is 2. The van der Waals surface area contributed by atoms with Crippen molar-refractivity contribution in [3.8, 4) is 5.69 Å². The van der Waals surface area contributed by atoms with Gasteiger partial charge in [-0.05, 0) is 38.0 Å². The standard InChI is InChI=1S/C20H22ClN5O3/c1-13-17(12-22-26(13)16-4-2-3-14(21)11-16)19(28)24-7-9-25(10-8-24)20(29)18(27)23-15-5-6-15/h2-4,11-12,15H,5-10H2,1H3,(H,23,27). The van der Waals surface area contributed by atoms with Crippen molar-refractivity contribution in [3.63, 3.8) is 0 Å². The highest BCUT2D eigenvalue weighted by Crippen LogP contribution is 2.20. The van der Waals surface area contributed by atoms with Crippen molar-refractivity contribution in [3.05, 3.63) is 46.7 Å². The summed E-state index contributed by atoms with van der Waals surface area (Å²) in [5, 5.41) is 7.64. The van der Waals surface area contributed by atoms with Crippen LogP contribution in [-0.2, 0) is 9.59 Å². The summed E-state index contributed by atoms with van der Waals surface area (Å²) < 4.78 is 1.68. The molecule has 0 bridgehead atoms. The molecule has 0 unspecified atom stereocenters. The summed E-state index contributed by atoms with van der Waals surface area (Å²) in [5.74, 6) is -1.20. The first-order valence-corrected chi connectivity index (χ1v) is 10.0. The predicted octanol–water partition coefficient (Wildman–Crippen LogP) is 1.40. The van der Waals surface area contributed by atoms with Gasteiger partial charge < -0.3 is 15.1 Å². The normalized spacial score (nSPS) is 16.6. The number of carbonyl (C=O) groups is 3. The van der Waals surface area contributed by atoms with Crippen LogP contribution < -0.4 is 5.32 Å². The van der Waals surface area contributed by atoms with Crippen LogP contribution in [0.1, 0.15) is 28.9 Å². The molecule has 0 atom stereocenters. The van der Waals surface area contributed by atoms with Gasteiger partial charge in [-0.2, -0.15) is 5.10 Å². The number of halogens is 1. The second-order valence-electron chi connectivity index (χ2n) is 7.37. The third kappa shape index (κ3) is 4.12. The molecule has 0 radical (unpaired) electrons. The Balaban J connectivity index is 1.40. The number of hydrogen-bond donors (Lipinski definition) is 1. The predicted molar refractivity (Wildman–Crippen MR) is 107 cm³/mol. The van der Waals surface area contributed by atoms with Gasteiger partial charge in [0.25, 0.3) is 5.91 Å². The third-order valence-electron chi connectivity index (χ3n) is 5.25. The Hall–Kier alpha value is -2.87. The molecule has 3 amide bonds. The fourth-order valence-corrected chi connectivity index (χ4v) is 3.57. The first kappa shape index (κ1) is 19.4. The summed E-state index contributed by atoms with van der Waals surface area (Å²) in [5.41, 5.74) is 2.02. The van der Waals surface area contributed by atoms with Crippen molar-refractivity contribution >= 4 is 29.3 Å². The lowest BCUT2D eigenvalue weighted by molar-refractivity contribution is -0.146. The van der Waals surface area contributed by atoms with E-state index < -0.39 is 11.8 Å². The van der Waals surface area contributed by atoms with Gasteiger partial charge in [-0.3, -0.25) is 14.4 Å². The molecule has 1 N–H and O–H groups in total. The van der Waals surface area contributed by atoms with E-state index in [4.69, 9.17) is 11.6 Å². The van der Waals surface area contributed by atoms with Crippen molar-refractivity contribution in [2.75, 3.05) is 26.2 Å². The number of nitrogens with zero attached hydrogens (tertiary/aromatic N) is 4. The van der Waals surface area contributed by atoms with Crippen LogP contribution in [0.4, 0.5) is 0 Å². The maximum absolute atomic E-state index is 13.0. The molecule has 1 saturated carbocycles. The molecule has 1 aliphatic carbocycles. The highest BCUT2D eigenvalue weighted by Gasteiger charge is 2.32. The molecular formula is C20H22ClN5O3. The fraction of sp³-hybridized carbons (Fsp3) is 0.400. The molecule has 2 fully saturated rings. The van der Waals surface area contributed by atoms with Gasteiger partial charge in [-0.15, -0.1) is 0 Å². The van der Waals surface area contributed by atoms with Gasteiger partial charge in [0.15, 0.2) is 0 Å². The minimum Gasteiger partial charge on any atom is -0.345 e. The van der Waals surface area contributed by atoms with Gasteiger partial charge >= 0.3 is 11.8 Å². The summed E-state index contributed by atoms with van der Waals surface area (Å²) in [7, 11) is 0. The van der Waals surface area contributed by atoms with E-state index >= 15 is 0 Å². The highest BCUT2D eigenvalue weighted by molar-refractivity contribution is 6.35. The maximum atomic E-state index is 13.0. The average Bonchev–Trinajstić information content (AvgIpc) is 3.46. The van der Waals surface area contributed by atoms with Gasteiger partial charge in [-0.1, -0.05) is 17.7 Å². The van der Waals surface area contributed by atoms with E-state index in [1.165, 1.54) is 4.90 Å². The van der Waals surface area contributed by atoms with Crippen molar-refractivity contribution in [2.24, 2.45) is 0 Å². The number of rotatable bonds is 3. The molecule has 2 heterocycles. The Labute approximate surface area is 173 Å². The minimum absolute atomic E-state index is 0.134. The monoisotopic (exact) mass is 415 g/mol. The molecule has 1 saturated heterocycles. The Morgan fingerprint density at radius 3 is 2.45 bits per heavy atom. The van der Waals surface area contributed by atoms with Crippen molar-refractivity contribution < 1.29 is 14.4 Å². The largest absolute Gasteiger partial charge is 0.345 e. The fourth-order valence-electron chi connectivity index (χ4n) is 3.39. The number of piperazine rings is 1. The Morgan fingerprint density at radius 1 is 1.10 bits per heavy atom. The van der Waals surface area contributed by atoms with Crippen molar-refractivity contribution in [1.29, 1.82) is 0 Å². The summed E-state index contributed by atoms with van der Waals surface area (Å²) in [6, 6.07) is 7.41. The van der Waals surface area contributed by atoms with Crippen LogP contribution >= 0.6 is 11.6 Å². The molecule has 152 valence electrons. The van der Waals surface area contributed by atoms with E-state index in [-0.39, 0.29) is 11.9 Å². The smallest absolute Gasteiger partial charge is 0.312 e. The first-order chi connectivity index (χ1) is 13.9. The van der Waals surface area contributed by atoms with Gasteiger partial charge in [0.1, 0.15) is 0 Å². The lowest BCUT2D eigenvalue weighted by Gasteiger charge is -2.34. The van der Waals surface area contributed by atoms with E-state index in [1.54, 1.807) is 27.9 Å². The molecule has 2 aliphatic rings. The van der Waals surface area contributed by atoms with Crippen LogP contribution in [0.2, 0.25) is 5.02 Å². The zero-order valence-electron chi connectivity index (χ0n) is 16.1. The van der Waals surface area contributed by atoms with Crippen molar-refractivity contribution in [1.82, 2.24) is 24.9 Å². The first-order valence-electron chi connectivity index (χ1n) is 9.63. The van der Waals surface area contributed by atoms with Gasteiger partial charge in [0.2, 0.25) is 0 Å². The number of carbonyl (C=O) groups excluding carboxylic acids is 3. The second kappa shape index (κ2) is 7.87. The summed E-state index contributed by atoms with van der Waals surface area (Å²) in [6.45, 7) is 3.27. The molecule has 29 heavy (non-hydrogen) atoms. The van der Waals surface area contributed by atoms with Crippen LogP contribution in [0, 0.1) is 6.92 Å². The van der Waals surface area contributed by atoms with Gasteiger partial charge in [-0.25, -0.2) is 4.68 Å². The van der Waals surface area contributed by atoms with E-state index in [9.17, 15) is 14.4 Å². The Bertz CT molecular complexity index is 961. The number of hydrogen-bond acceptors (Lipinski definition) is 4. The molecule has 8 nitrogen and oxygen atoms in total. The Morgan fingerprint density at radius 2 is 1.79 bits per heavy atom. The molecule has 9 heteroatoms. The molecule has 0 spiro atoms. The van der Waals surface area contributed by atoms with Crippen LogP contribution in [-0.4, -0.2) is 69.5 Å². The molecule has 1 aromatic heterocycles. The van der Waals surface area contributed by atoms with E-state index in [0.717, 1.165) is 24.2 Å². The lowest BCUT2D eigenvalue weighted by atomic mass is 10.2. The number of nitrogens with one attached hydrogen (secondary N) is 1. The van der Waals surface area contributed by atoms with Crippen LogP contribution in [0.5, 0.6) is 0 Å². The zero-order valence-corrected chi connectivity index (χ0v) is 16.9. The molecule has 1 aliphatic heterocycles. The van der Waals surface area contributed by atoms with Gasteiger partial charge in [0, 0.05) is 37.2 Å². The zero-order chi connectivity index (χ0) is 20.5. The summed E-state index contributed by atoms with van der Waals surface area (Å²) in [6.07, 6.45) is 3.42. The average molecular weight is 416 g/mol. The van der Waals surface area contributed by atoms with Gasteiger partial charge in [0.05, 0.1) is 23.1 Å². The van der Waals surface area contributed by atoms with Crippen molar-refractivity contribution in [2.45, 2.75) is 25.8 Å². The molecular weight excluding hydrogens is 394 g/mol. The second-order valence-corrected chi connectivity index (χ2v) is 7.80.